The van der Waals surface area contributed by atoms with E-state index in [1.807, 2.05) is 6.92 Å². The maximum Gasteiger partial charge on any atom is 0.338 e. The second kappa shape index (κ2) is 11.3. The summed E-state index contributed by atoms with van der Waals surface area (Å²) in [5.41, 5.74) is 1.14. The Labute approximate surface area is 231 Å². The number of hydrogen-bond donors (Lipinski definition) is 1. The third-order valence-corrected chi connectivity index (χ3v) is 7.45. The van der Waals surface area contributed by atoms with Gasteiger partial charge in [0, 0.05) is 21.2 Å². The van der Waals surface area contributed by atoms with Gasteiger partial charge in [-0.3, -0.25) is 9.36 Å². The molecule has 1 atom stereocenters. The number of aromatic hydroxyl groups is 1. The molecule has 0 fully saturated rings. The number of halogens is 3. The lowest BCUT2D eigenvalue weighted by molar-refractivity contribution is -0.139. The number of ether oxygens (including phenoxy) is 2. The summed E-state index contributed by atoms with van der Waals surface area (Å²) in [5.74, 6) is -0.332. The summed E-state index contributed by atoms with van der Waals surface area (Å²) in [4.78, 5) is 32.2. The van der Waals surface area contributed by atoms with E-state index in [0.29, 0.717) is 44.7 Å². The van der Waals surface area contributed by atoms with Crippen LogP contribution < -0.4 is 19.6 Å². The van der Waals surface area contributed by atoms with E-state index in [4.69, 9.17) is 49.3 Å². The first-order valence-corrected chi connectivity index (χ1v) is 13.4. The van der Waals surface area contributed by atoms with Crippen LogP contribution in [0.4, 0.5) is 0 Å². The van der Waals surface area contributed by atoms with Gasteiger partial charge in [-0.2, -0.15) is 0 Å². The summed E-state index contributed by atoms with van der Waals surface area (Å²) in [6.07, 6.45) is 2.70. The molecule has 0 aliphatic carbocycles. The predicted octanol–water partition coefficient (Wildman–Crippen LogP) is 5.25. The number of rotatable bonds is 7. The van der Waals surface area contributed by atoms with Gasteiger partial charge in [-0.15, -0.1) is 0 Å². The molecule has 4 rings (SSSR count). The summed E-state index contributed by atoms with van der Waals surface area (Å²) in [7, 11) is 1.50. The fraction of sp³-hybridized carbons (Fsp3) is 0.269. The Kier molecular flexibility index (Phi) is 8.33. The van der Waals surface area contributed by atoms with E-state index in [-0.39, 0.29) is 33.0 Å². The average Bonchev–Trinajstić information content (AvgIpc) is 3.16. The molecular formula is C26H23Cl3N2O5S. The van der Waals surface area contributed by atoms with Crippen LogP contribution >= 0.6 is 46.1 Å². The second-order valence-corrected chi connectivity index (χ2v) is 10.4. The molecule has 3 aromatic rings. The molecular weight excluding hydrogens is 559 g/mol. The molecule has 2 aromatic carbocycles. The molecule has 2 heterocycles. The average molecular weight is 582 g/mol. The number of thiazole rings is 1. The predicted molar refractivity (Wildman–Crippen MR) is 146 cm³/mol. The third kappa shape index (κ3) is 5.29. The van der Waals surface area contributed by atoms with Crippen molar-refractivity contribution in [1.82, 2.24) is 4.57 Å². The molecule has 0 saturated carbocycles. The largest absolute Gasteiger partial charge is 0.506 e. The lowest BCUT2D eigenvalue weighted by atomic mass is 9.93. The van der Waals surface area contributed by atoms with Crippen LogP contribution in [0, 0.1) is 0 Å². The van der Waals surface area contributed by atoms with Crippen LogP contribution in [-0.2, 0) is 9.53 Å². The Morgan fingerprint density at radius 2 is 1.95 bits per heavy atom. The first-order chi connectivity index (χ1) is 17.7. The van der Waals surface area contributed by atoms with Gasteiger partial charge in [-0.25, -0.2) is 9.79 Å². The number of esters is 1. The zero-order chi connectivity index (χ0) is 26.9. The van der Waals surface area contributed by atoms with Crippen LogP contribution in [0.5, 0.6) is 11.5 Å². The number of phenolic OH excluding ortho intramolecular Hbond substituents is 1. The van der Waals surface area contributed by atoms with Gasteiger partial charge < -0.3 is 14.6 Å². The van der Waals surface area contributed by atoms with Crippen molar-refractivity contribution in [2.24, 2.45) is 4.99 Å². The molecule has 0 bridgehead atoms. The Morgan fingerprint density at radius 1 is 1.19 bits per heavy atom. The van der Waals surface area contributed by atoms with Crippen LogP contribution in [0.25, 0.3) is 6.08 Å². The number of methoxy groups -OCH3 is 1. The number of allylic oxidation sites excluding steroid dienone is 1. The van der Waals surface area contributed by atoms with Crippen LogP contribution in [0.2, 0.25) is 15.1 Å². The second-order valence-electron chi connectivity index (χ2n) is 8.13. The van der Waals surface area contributed by atoms with Crippen molar-refractivity contribution in [2.45, 2.75) is 32.7 Å². The van der Waals surface area contributed by atoms with E-state index in [0.717, 1.165) is 11.3 Å². The van der Waals surface area contributed by atoms with Crippen molar-refractivity contribution in [3.63, 3.8) is 0 Å². The number of benzene rings is 2. The Bertz CT molecular complexity index is 1590. The van der Waals surface area contributed by atoms with Gasteiger partial charge in [0.15, 0.2) is 4.80 Å². The first-order valence-electron chi connectivity index (χ1n) is 11.4. The van der Waals surface area contributed by atoms with Crippen molar-refractivity contribution in [1.29, 1.82) is 0 Å². The van der Waals surface area contributed by atoms with E-state index in [1.165, 1.54) is 29.9 Å². The van der Waals surface area contributed by atoms with Gasteiger partial charge in [0.1, 0.15) is 17.5 Å². The Balaban J connectivity index is 2.08. The minimum absolute atomic E-state index is 0.0582. The van der Waals surface area contributed by atoms with Gasteiger partial charge in [-0.05, 0) is 49.8 Å². The summed E-state index contributed by atoms with van der Waals surface area (Å²) < 4.78 is 12.7. The van der Waals surface area contributed by atoms with Crippen molar-refractivity contribution < 1.29 is 19.4 Å². The topological polar surface area (TPSA) is 90.1 Å². The number of hydrogen-bond acceptors (Lipinski definition) is 7. The van der Waals surface area contributed by atoms with Gasteiger partial charge in [-0.1, -0.05) is 59.5 Å². The van der Waals surface area contributed by atoms with Crippen molar-refractivity contribution >= 4 is 58.2 Å². The fourth-order valence-electron chi connectivity index (χ4n) is 4.17. The number of carbonyl (C=O) groups excluding carboxylic acids is 1. The standard InChI is InChI=1S/C26H23Cl3N2O5S/c1-4-6-18-21(25(34)36-5-2)22(16-11-14(27)7-8-19(16)35-3)31-24(33)20(37-26(31)30-18)10-13-9-15(28)12-17(29)23(13)32/h7-12,22,32H,4-6H2,1-3H3/b20-10+/t22-/m1/s1. The van der Waals surface area contributed by atoms with Crippen LogP contribution in [0.1, 0.15) is 43.9 Å². The number of nitrogens with zero attached hydrogens (tertiary/aromatic N) is 2. The molecule has 0 spiro atoms. The fourth-order valence-corrected chi connectivity index (χ4v) is 5.87. The van der Waals surface area contributed by atoms with Crippen LogP contribution in [0.3, 0.4) is 0 Å². The molecule has 0 unspecified atom stereocenters. The van der Waals surface area contributed by atoms with E-state index in [1.54, 1.807) is 25.1 Å². The molecule has 37 heavy (non-hydrogen) atoms. The highest BCUT2D eigenvalue weighted by molar-refractivity contribution is 7.07. The van der Waals surface area contributed by atoms with Gasteiger partial charge in [0.2, 0.25) is 0 Å². The maximum absolute atomic E-state index is 13.8. The molecule has 194 valence electrons. The molecule has 1 aliphatic rings. The SMILES string of the molecule is CCCC1=C(C(=O)OCC)[C@@H](c2cc(Cl)ccc2OC)n2c(s/c(=C/c3cc(Cl)cc(Cl)c3O)c2=O)=N1. The van der Waals surface area contributed by atoms with Gasteiger partial charge in [0.05, 0.1) is 34.5 Å². The minimum atomic E-state index is -0.899. The molecule has 0 amide bonds. The van der Waals surface area contributed by atoms with Crippen LogP contribution in [0.15, 0.2) is 51.4 Å². The zero-order valence-corrected chi connectivity index (χ0v) is 23.3. The molecule has 1 N–H and O–H groups in total. The third-order valence-electron chi connectivity index (χ3n) is 5.72. The van der Waals surface area contributed by atoms with Crippen molar-refractivity contribution in [3.8, 4) is 11.5 Å². The highest BCUT2D eigenvalue weighted by Gasteiger charge is 2.36. The zero-order valence-electron chi connectivity index (χ0n) is 20.2. The highest BCUT2D eigenvalue weighted by atomic mass is 35.5. The normalized spacial score (nSPS) is 15.4. The Hall–Kier alpha value is -2.78. The lowest BCUT2D eigenvalue weighted by Crippen LogP contribution is -2.40. The quantitative estimate of drug-likeness (QED) is 0.385. The molecule has 0 saturated heterocycles. The summed E-state index contributed by atoms with van der Waals surface area (Å²) in [6, 6.07) is 7.03. The summed E-state index contributed by atoms with van der Waals surface area (Å²) in [5, 5.41) is 11.2. The first kappa shape index (κ1) is 27.3. The summed E-state index contributed by atoms with van der Waals surface area (Å²) in [6.45, 7) is 3.84. The maximum atomic E-state index is 13.8. The number of aromatic nitrogens is 1. The van der Waals surface area contributed by atoms with Gasteiger partial charge >= 0.3 is 5.97 Å². The van der Waals surface area contributed by atoms with E-state index >= 15 is 0 Å². The van der Waals surface area contributed by atoms with Crippen LogP contribution in [-0.4, -0.2) is 29.4 Å². The molecule has 11 heteroatoms. The molecule has 1 aromatic heterocycles. The number of carbonyl (C=O) groups is 1. The highest BCUT2D eigenvalue weighted by Crippen LogP contribution is 2.38. The van der Waals surface area contributed by atoms with Gasteiger partial charge in [0.25, 0.3) is 5.56 Å². The molecule has 1 aliphatic heterocycles. The Morgan fingerprint density at radius 3 is 2.62 bits per heavy atom. The monoisotopic (exact) mass is 580 g/mol. The van der Waals surface area contributed by atoms with E-state index in [9.17, 15) is 14.7 Å². The van der Waals surface area contributed by atoms with E-state index in [2.05, 4.69) is 0 Å². The number of fused-ring (bicyclic) bond motifs is 1. The lowest BCUT2D eigenvalue weighted by Gasteiger charge is -2.27. The smallest absolute Gasteiger partial charge is 0.338 e. The minimum Gasteiger partial charge on any atom is -0.506 e. The van der Waals surface area contributed by atoms with Crippen molar-refractivity contribution in [2.75, 3.05) is 13.7 Å². The van der Waals surface area contributed by atoms with E-state index < -0.39 is 17.6 Å². The number of phenols is 1. The summed E-state index contributed by atoms with van der Waals surface area (Å²) >= 11 is 19.7. The molecule has 0 radical (unpaired) electrons. The van der Waals surface area contributed by atoms with Crippen molar-refractivity contribution in [3.05, 3.63) is 87.5 Å². The molecule has 7 nitrogen and oxygen atoms in total.